The highest BCUT2D eigenvalue weighted by Gasteiger charge is 2.33. The summed E-state index contributed by atoms with van der Waals surface area (Å²) in [5.74, 6) is -0.707. The fraction of sp³-hybridized carbons (Fsp3) is 0.154. The zero-order valence-corrected chi connectivity index (χ0v) is 12.5. The fourth-order valence-electron chi connectivity index (χ4n) is 1.70. The molecule has 1 unspecified atom stereocenters. The molecule has 0 spiro atoms. The van der Waals surface area contributed by atoms with E-state index in [4.69, 9.17) is 11.6 Å². The van der Waals surface area contributed by atoms with Crippen LogP contribution < -0.4 is 0 Å². The summed E-state index contributed by atoms with van der Waals surface area (Å²) in [6.07, 6.45) is -6.17. The molecular formula is C13H7BrClF4NO. The van der Waals surface area contributed by atoms with Crippen LogP contribution in [0.25, 0.3) is 0 Å². The van der Waals surface area contributed by atoms with Crippen molar-refractivity contribution in [1.82, 2.24) is 4.98 Å². The molecule has 1 N–H and O–H groups in total. The van der Waals surface area contributed by atoms with Crippen molar-refractivity contribution in [2.24, 2.45) is 0 Å². The van der Waals surface area contributed by atoms with Gasteiger partial charge in [0.25, 0.3) is 0 Å². The predicted molar refractivity (Wildman–Crippen MR) is 72.4 cm³/mol. The van der Waals surface area contributed by atoms with Crippen molar-refractivity contribution in [3.63, 3.8) is 0 Å². The Balaban J connectivity index is 2.44. The van der Waals surface area contributed by atoms with E-state index in [1.807, 2.05) is 0 Å². The van der Waals surface area contributed by atoms with Crippen molar-refractivity contribution in [2.45, 2.75) is 12.3 Å². The highest BCUT2D eigenvalue weighted by Crippen LogP contribution is 2.34. The summed E-state index contributed by atoms with van der Waals surface area (Å²) < 4.78 is 51.7. The summed E-state index contributed by atoms with van der Waals surface area (Å²) >= 11 is 8.79. The van der Waals surface area contributed by atoms with Gasteiger partial charge in [0, 0.05) is 15.6 Å². The van der Waals surface area contributed by atoms with Gasteiger partial charge in [-0.15, -0.1) is 0 Å². The van der Waals surface area contributed by atoms with Crippen LogP contribution in [0.1, 0.15) is 22.9 Å². The first-order valence-corrected chi connectivity index (χ1v) is 6.74. The summed E-state index contributed by atoms with van der Waals surface area (Å²) in [4.78, 5) is 3.19. The normalized spacial score (nSPS) is 13.3. The molecule has 0 saturated carbocycles. The number of benzene rings is 1. The minimum absolute atomic E-state index is 0.110. The molecule has 21 heavy (non-hydrogen) atoms. The van der Waals surface area contributed by atoms with E-state index in [-0.39, 0.29) is 11.1 Å². The van der Waals surface area contributed by atoms with E-state index in [2.05, 4.69) is 20.9 Å². The summed E-state index contributed by atoms with van der Waals surface area (Å²) in [6, 6.07) is 5.52. The number of nitrogens with zero attached hydrogens (tertiary/aromatic N) is 1. The molecule has 112 valence electrons. The maximum absolute atomic E-state index is 13.7. The molecule has 0 saturated heterocycles. The van der Waals surface area contributed by atoms with E-state index in [0.29, 0.717) is 10.5 Å². The largest absolute Gasteiger partial charge is 0.433 e. The first-order valence-electron chi connectivity index (χ1n) is 5.57. The van der Waals surface area contributed by atoms with Crippen molar-refractivity contribution in [3.05, 3.63) is 62.6 Å². The predicted octanol–water partition coefficient (Wildman–Crippen LogP) is 4.74. The number of rotatable bonds is 2. The number of alkyl halides is 3. The van der Waals surface area contributed by atoms with E-state index in [1.165, 1.54) is 12.1 Å². The van der Waals surface area contributed by atoms with Gasteiger partial charge in [-0.3, -0.25) is 0 Å². The topological polar surface area (TPSA) is 33.1 Å². The molecular weight excluding hydrogens is 377 g/mol. The Hall–Kier alpha value is -1.18. The number of aliphatic hydroxyl groups is 1. The number of hydrogen-bond donors (Lipinski definition) is 1. The van der Waals surface area contributed by atoms with Gasteiger partial charge >= 0.3 is 6.18 Å². The summed E-state index contributed by atoms with van der Waals surface area (Å²) in [5, 5.41) is 9.57. The Morgan fingerprint density at radius 2 is 1.81 bits per heavy atom. The first-order chi connectivity index (χ1) is 9.70. The highest BCUT2D eigenvalue weighted by molar-refractivity contribution is 9.10. The second-order valence-corrected chi connectivity index (χ2v) is 5.42. The Kier molecular flexibility index (Phi) is 4.55. The number of pyridine rings is 1. The van der Waals surface area contributed by atoms with E-state index in [9.17, 15) is 22.7 Å². The zero-order chi connectivity index (χ0) is 15.8. The molecule has 8 heteroatoms. The van der Waals surface area contributed by atoms with Gasteiger partial charge in [0.15, 0.2) is 0 Å². The Labute approximate surface area is 130 Å². The van der Waals surface area contributed by atoms with E-state index in [1.54, 1.807) is 0 Å². The number of halogens is 6. The van der Waals surface area contributed by atoms with Crippen molar-refractivity contribution >= 4 is 27.5 Å². The van der Waals surface area contributed by atoms with Gasteiger partial charge in [-0.25, -0.2) is 9.37 Å². The van der Waals surface area contributed by atoms with Crippen molar-refractivity contribution < 1.29 is 22.7 Å². The van der Waals surface area contributed by atoms with Crippen LogP contribution in [0.4, 0.5) is 17.6 Å². The lowest BCUT2D eigenvalue weighted by Crippen LogP contribution is -2.10. The second-order valence-electron chi connectivity index (χ2n) is 4.14. The minimum Gasteiger partial charge on any atom is -0.383 e. The Morgan fingerprint density at radius 1 is 1.14 bits per heavy atom. The van der Waals surface area contributed by atoms with Crippen LogP contribution in [-0.2, 0) is 6.18 Å². The quantitative estimate of drug-likeness (QED) is 0.599. The third-order valence-corrected chi connectivity index (χ3v) is 3.51. The molecule has 1 aromatic carbocycles. The summed E-state index contributed by atoms with van der Waals surface area (Å²) in [5.41, 5.74) is -1.41. The molecule has 2 aromatic rings. The first kappa shape index (κ1) is 16.2. The number of aromatic nitrogens is 1. The van der Waals surface area contributed by atoms with Crippen LogP contribution in [0.5, 0.6) is 0 Å². The van der Waals surface area contributed by atoms with Crippen LogP contribution in [0.2, 0.25) is 5.15 Å². The third kappa shape index (κ3) is 3.53. The maximum atomic E-state index is 13.7. The van der Waals surface area contributed by atoms with Gasteiger partial charge in [-0.1, -0.05) is 33.6 Å². The summed E-state index contributed by atoms with van der Waals surface area (Å²) in [6.45, 7) is 0. The standard InChI is InChI=1S/C13H7BrClF4NO/c14-6-1-3-9(16)8(5-6)11(21)7-2-4-10(13(17,18)19)20-12(7)15/h1-5,11,21H. The third-order valence-electron chi connectivity index (χ3n) is 2.72. The monoisotopic (exact) mass is 383 g/mol. The SMILES string of the molecule is OC(c1cc(Br)ccc1F)c1ccc(C(F)(F)F)nc1Cl. The average Bonchev–Trinajstić information content (AvgIpc) is 2.39. The van der Waals surface area contributed by atoms with Gasteiger partial charge in [0.05, 0.1) is 0 Å². The molecule has 0 radical (unpaired) electrons. The van der Waals surface area contributed by atoms with Crippen LogP contribution in [0, 0.1) is 5.82 Å². The van der Waals surface area contributed by atoms with Gasteiger partial charge in [0.1, 0.15) is 22.8 Å². The van der Waals surface area contributed by atoms with Crippen LogP contribution in [0.3, 0.4) is 0 Å². The molecule has 1 atom stereocenters. The molecule has 0 bridgehead atoms. The lowest BCUT2D eigenvalue weighted by Gasteiger charge is -2.15. The lowest BCUT2D eigenvalue weighted by molar-refractivity contribution is -0.141. The molecule has 0 aliphatic heterocycles. The van der Waals surface area contributed by atoms with E-state index >= 15 is 0 Å². The second kappa shape index (κ2) is 5.90. The molecule has 0 fully saturated rings. The van der Waals surface area contributed by atoms with Crippen LogP contribution in [0.15, 0.2) is 34.8 Å². The van der Waals surface area contributed by atoms with Gasteiger partial charge in [-0.2, -0.15) is 13.2 Å². The average molecular weight is 385 g/mol. The van der Waals surface area contributed by atoms with Crippen molar-refractivity contribution in [2.75, 3.05) is 0 Å². The summed E-state index contributed by atoms with van der Waals surface area (Å²) in [7, 11) is 0. The number of aliphatic hydroxyl groups excluding tert-OH is 1. The Morgan fingerprint density at radius 3 is 2.38 bits per heavy atom. The fourth-order valence-corrected chi connectivity index (χ4v) is 2.33. The van der Waals surface area contributed by atoms with E-state index < -0.39 is 28.9 Å². The maximum Gasteiger partial charge on any atom is 0.433 e. The lowest BCUT2D eigenvalue weighted by atomic mass is 10.0. The minimum atomic E-state index is -4.64. The van der Waals surface area contributed by atoms with E-state index in [0.717, 1.165) is 12.1 Å². The highest BCUT2D eigenvalue weighted by atomic mass is 79.9. The van der Waals surface area contributed by atoms with Crippen LogP contribution in [-0.4, -0.2) is 10.1 Å². The van der Waals surface area contributed by atoms with Gasteiger partial charge in [0.2, 0.25) is 0 Å². The van der Waals surface area contributed by atoms with Crippen molar-refractivity contribution in [3.8, 4) is 0 Å². The molecule has 2 nitrogen and oxygen atoms in total. The molecule has 1 aromatic heterocycles. The molecule has 0 aliphatic carbocycles. The molecule has 2 rings (SSSR count). The van der Waals surface area contributed by atoms with Gasteiger partial charge in [-0.05, 0) is 24.3 Å². The van der Waals surface area contributed by atoms with Crippen LogP contribution >= 0.6 is 27.5 Å². The molecule has 0 amide bonds. The molecule has 1 heterocycles. The van der Waals surface area contributed by atoms with Gasteiger partial charge < -0.3 is 5.11 Å². The molecule has 0 aliphatic rings. The van der Waals surface area contributed by atoms with Crippen molar-refractivity contribution in [1.29, 1.82) is 0 Å². The smallest absolute Gasteiger partial charge is 0.383 e. The zero-order valence-electron chi connectivity index (χ0n) is 10.1. The Bertz CT molecular complexity index is 678. The number of hydrogen-bond acceptors (Lipinski definition) is 2.